The van der Waals surface area contributed by atoms with Gasteiger partial charge in [0.05, 0.1) is 11.7 Å². The summed E-state index contributed by atoms with van der Waals surface area (Å²) in [6, 6.07) is 0.182. The molecule has 0 spiro atoms. The minimum atomic E-state index is -0.0524. The Kier molecular flexibility index (Phi) is 4.00. The van der Waals surface area contributed by atoms with Crippen molar-refractivity contribution < 1.29 is 4.79 Å². The van der Waals surface area contributed by atoms with Crippen LogP contribution >= 0.6 is 11.3 Å². The first kappa shape index (κ1) is 18.1. The van der Waals surface area contributed by atoms with E-state index in [4.69, 9.17) is 0 Å². The van der Waals surface area contributed by atoms with Crippen LogP contribution in [0.3, 0.4) is 0 Å². The van der Waals surface area contributed by atoms with Gasteiger partial charge < -0.3 is 5.32 Å². The van der Waals surface area contributed by atoms with Gasteiger partial charge in [-0.05, 0) is 93.4 Å². The van der Waals surface area contributed by atoms with Crippen LogP contribution in [-0.4, -0.2) is 21.5 Å². The van der Waals surface area contributed by atoms with E-state index in [-0.39, 0.29) is 29.5 Å². The number of nitrogens with zero attached hydrogens (tertiary/aromatic N) is 2. The van der Waals surface area contributed by atoms with E-state index in [2.05, 4.69) is 17.2 Å². The molecule has 6 heteroatoms. The predicted octanol–water partition coefficient (Wildman–Crippen LogP) is 3.67. The van der Waals surface area contributed by atoms with Gasteiger partial charge in [-0.25, -0.2) is 4.98 Å². The van der Waals surface area contributed by atoms with Crippen LogP contribution in [0.1, 0.15) is 62.3 Å². The second-order valence-electron chi connectivity index (χ2n) is 10.3. The molecule has 4 saturated carbocycles. The molecule has 5 aliphatic carbocycles. The molecule has 5 nitrogen and oxygen atoms in total. The van der Waals surface area contributed by atoms with Crippen molar-refractivity contribution in [2.75, 3.05) is 0 Å². The second-order valence-corrected chi connectivity index (χ2v) is 11.4. The maximum absolute atomic E-state index is 13.0. The van der Waals surface area contributed by atoms with E-state index in [1.165, 1.54) is 53.5 Å². The third kappa shape index (κ3) is 2.82. The van der Waals surface area contributed by atoms with Gasteiger partial charge in [-0.2, -0.15) is 0 Å². The van der Waals surface area contributed by atoms with Gasteiger partial charge in [-0.3, -0.25) is 14.2 Å². The number of hydrogen-bond donors (Lipinski definition) is 1. The summed E-state index contributed by atoms with van der Waals surface area (Å²) in [6.07, 6.45) is 12.7. The lowest BCUT2D eigenvalue weighted by Crippen LogP contribution is -2.56. The van der Waals surface area contributed by atoms with Gasteiger partial charge in [-0.1, -0.05) is 0 Å². The third-order valence-corrected chi connectivity index (χ3v) is 9.59. The summed E-state index contributed by atoms with van der Waals surface area (Å²) >= 11 is 1.65. The van der Waals surface area contributed by atoms with E-state index in [1.807, 2.05) is 0 Å². The molecule has 2 heterocycles. The molecule has 154 valence electrons. The number of hydrogen-bond acceptors (Lipinski definition) is 4. The number of carbonyl (C=O) groups is 1. The Labute approximate surface area is 174 Å². The van der Waals surface area contributed by atoms with Crippen molar-refractivity contribution in [3.63, 3.8) is 0 Å². The van der Waals surface area contributed by atoms with Gasteiger partial charge in [0.1, 0.15) is 11.4 Å². The molecule has 29 heavy (non-hydrogen) atoms. The topological polar surface area (TPSA) is 64.0 Å². The average Bonchev–Trinajstić information content (AvgIpc) is 3.24. The van der Waals surface area contributed by atoms with E-state index in [1.54, 1.807) is 17.7 Å². The summed E-state index contributed by atoms with van der Waals surface area (Å²) in [5, 5.41) is 4.04. The molecule has 2 aromatic heterocycles. The van der Waals surface area contributed by atoms with Gasteiger partial charge >= 0.3 is 0 Å². The van der Waals surface area contributed by atoms with Crippen LogP contribution in [0.4, 0.5) is 0 Å². The highest BCUT2D eigenvalue weighted by Crippen LogP contribution is 2.61. The molecule has 1 atom stereocenters. The van der Waals surface area contributed by atoms with E-state index in [9.17, 15) is 9.59 Å². The standard InChI is InChI=1S/C23H29N3O2S/c1-13(23-8-14-5-15(9-23)7-16(6-14)10-23)25-19(27)11-26-12-24-21-20(22(26)28)17-3-2-4-18(17)29-21/h12-16H,2-11H2,1H3,(H,25,27)/t13-,14?,15?,16?,23?/m1/s1. The van der Waals surface area contributed by atoms with Crippen LogP contribution in [-0.2, 0) is 24.2 Å². The maximum atomic E-state index is 13.0. The fourth-order valence-corrected chi connectivity index (χ4v) is 8.65. The zero-order valence-electron chi connectivity index (χ0n) is 17.1. The normalized spacial score (nSPS) is 33.2. The quantitative estimate of drug-likeness (QED) is 0.835. The Morgan fingerprint density at radius 3 is 2.62 bits per heavy atom. The average molecular weight is 412 g/mol. The van der Waals surface area contributed by atoms with Gasteiger partial charge in [0.2, 0.25) is 5.91 Å². The highest BCUT2D eigenvalue weighted by molar-refractivity contribution is 7.18. The lowest BCUT2D eigenvalue weighted by molar-refractivity contribution is -0.126. The fourth-order valence-electron chi connectivity index (χ4n) is 7.44. The molecule has 4 fully saturated rings. The Hall–Kier alpha value is -1.69. The minimum absolute atomic E-state index is 0.0491. The van der Waals surface area contributed by atoms with Crippen LogP contribution in [0.5, 0.6) is 0 Å². The number of aryl methyl sites for hydroxylation is 2. The molecular formula is C23H29N3O2S. The Morgan fingerprint density at radius 1 is 1.24 bits per heavy atom. The van der Waals surface area contributed by atoms with Gasteiger partial charge in [0.15, 0.2) is 0 Å². The summed E-state index contributed by atoms with van der Waals surface area (Å²) in [5.74, 6) is 2.56. The predicted molar refractivity (Wildman–Crippen MR) is 114 cm³/mol. The molecule has 0 aromatic carbocycles. The highest BCUT2D eigenvalue weighted by atomic mass is 32.1. The zero-order valence-corrected chi connectivity index (χ0v) is 17.9. The summed E-state index contributed by atoms with van der Waals surface area (Å²) in [6.45, 7) is 2.27. The SMILES string of the molecule is C[C@@H](NC(=O)Cn1cnc2sc3c(c2c1=O)CCC3)C12CC3CC(CC(C3)C1)C2. The number of rotatable bonds is 4. The van der Waals surface area contributed by atoms with E-state index in [0.717, 1.165) is 47.2 Å². The van der Waals surface area contributed by atoms with E-state index < -0.39 is 0 Å². The molecule has 4 bridgehead atoms. The van der Waals surface area contributed by atoms with Gasteiger partial charge in [0, 0.05) is 10.9 Å². The van der Waals surface area contributed by atoms with Crippen molar-refractivity contribution in [2.24, 2.45) is 23.2 Å². The summed E-state index contributed by atoms with van der Waals surface area (Å²) < 4.78 is 1.51. The number of aromatic nitrogens is 2. The van der Waals surface area contributed by atoms with Crippen LogP contribution in [0.15, 0.2) is 11.1 Å². The first-order chi connectivity index (χ1) is 14.0. The smallest absolute Gasteiger partial charge is 0.262 e. The van der Waals surface area contributed by atoms with Crippen molar-refractivity contribution in [1.29, 1.82) is 0 Å². The fraction of sp³-hybridized carbons (Fsp3) is 0.696. The molecule has 5 aliphatic rings. The van der Waals surface area contributed by atoms with Crippen molar-refractivity contribution in [1.82, 2.24) is 14.9 Å². The molecule has 0 unspecified atom stereocenters. The zero-order chi connectivity index (χ0) is 19.8. The van der Waals surface area contributed by atoms with Crippen LogP contribution in [0.25, 0.3) is 10.2 Å². The number of thiophene rings is 1. The lowest BCUT2D eigenvalue weighted by Gasteiger charge is -2.59. The Balaban J connectivity index is 1.21. The van der Waals surface area contributed by atoms with Crippen LogP contribution in [0, 0.1) is 23.2 Å². The number of fused-ring (bicyclic) bond motifs is 3. The van der Waals surface area contributed by atoms with E-state index >= 15 is 0 Å². The van der Waals surface area contributed by atoms with Crippen molar-refractivity contribution in [3.8, 4) is 0 Å². The second kappa shape index (κ2) is 6.40. The molecule has 1 N–H and O–H groups in total. The van der Waals surface area contributed by atoms with Crippen LogP contribution < -0.4 is 10.9 Å². The van der Waals surface area contributed by atoms with E-state index in [0.29, 0.717) is 0 Å². The molecule has 0 radical (unpaired) electrons. The first-order valence-corrected chi connectivity index (χ1v) is 12.1. The van der Waals surface area contributed by atoms with Crippen molar-refractivity contribution >= 4 is 27.5 Å². The van der Waals surface area contributed by atoms with Crippen LogP contribution in [0.2, 0.25) is 0 Å². The van der Waals surface area contributed by atoms with Crippen molar-refractivity contribution in [2.45, 2.75) is 77.3 Å². The largest absolute Gasteiger partial charge is 0.352 e. The molecule has 0 saturated heterocycles. The minimum Gasteiger partial charge on any atom is -0.352 e. The number of carbonyl (C=O) groups excluding carboxylic acids is 1. The molecule has 0 aliphatic heterocycles. The van der Waals surface area contributed by atoms with Crippen molar-refractivity contribution in [3.05, 3.63) is 27.1 Å². The monoisotopic (exact) mass is 411 g/mol. The molecule has 2 aromatic rings. The highest BCUT2D eigenvalue weighted by Gasteiger charge is 2.53. The number of amides is 1. The molecular weight excluding hydrogens is 382 g/mol. The Bertz CT molecular complexity index is 1020. The van der Waals surface area contributed by atoms with Gasteiger partial charge in [-0.15, -0.1) is 11.3 Å². The molecule has 1 amide bonds. The number of nitrogens with one attached hydrogen (secondary N) is 1. The third-order valence-electron chi connectivity index (χ3n) is 8.39. The molecule has 7 rings (SSSR count). The lowest BCUT2D eigenvalue weighted by atomic mass is 9.48. The summed E-state index contributed by atoms with van der Waals surface area (Å²) in [5.41, 5.74) is 1.41. The summed E-state index contributed by atoms with van der Waals surface area (Å²) in [4.78, 5) is 32.6. The first-order valence-electron chi connectivity index (χ1n) is 11.3. The summed E-state index contributed by atoms with van der Waals surface area (Å²) in [7, 11) is 0. The maximum Gasteiger partial charge on any atom is 0.262 e. The van der Waals surface area contributed by atoms with Gasteiger partial charge in [0.25, 0.3) is 5.56 Å². The Morgan fingerprint density at radius 2 is 1.93 bits per heavy atom.